The molecule has 6 nitrogen and oxygen atoms in total. The molecule has 1 unspecified atom stereocenters. The topological polar surface area (TPSA) is 66.4 Å². The average molecular weight is 368 g/mol. The predicted molar refractivity (Wildman–Crippen MR) is 96.0 cm³/mol. The molecule has 2 aliphatic heterocycles. The smallest absolute Gasteiger partial charge is 0.254 e. The van der Waals surface area contributed by atoms with E-state index in [0.717, 1.165) is 30.9 Å². The maximum atomic E-state index is 13.4. The first kappa shape index (κ1) is 17.6. The second-order valence-corrected chi connectivity index (χ2v) is 7.32. The highest BCUT2D eigenvalue weighted by Crippen LogP contribution is 2.41. The summed E-state index contributed by atoms with van der Waals surface area (Å²) in [5.74, 6) is -0.814. The summed E-state index contributed by atoms with van der Waals surface area (Å²) in [7, 11) is 0. The molecule has 2 fully saturated rings. The van der Waals surface area contributed by atoms with Crippen LogP contribution in [0.3, 0.4) is 0 Å². The fourth-order valence-electron chi connectivity index (χ4n) is 4.16. The quantitative estimate of drug-likeness (QED) is 0.780. The third-order valence-corrected chi connectivity index (χ3v) is 5.54. The van der Waals surface area contributed by atoms with E-state index in [1.807, 2.05) is 17.0 Å². The SMILES string of the molecule is O=C(c1ccnc(F)c1)N1CCCC2(CCN(Cc3cccnc3)C2=O)C1. The Bertz CT molecular complexity index is 860. The summed E-state index contributed by atoms with van der Waals surface area (Å²) in [5, 5.41) is 0. The van der Waals surface area contributed by atoms with Crippen LogP contribution in [0.2, 0.25) is 0 Å². The van der Waals surface area contributed by atoms with Crippen LogP contribution in [-0.4, -0.2) is 51.2 Å². The van der Waals surface area contributed by atoms with Crippen molar-refractivity contribution in [2.45, 2.75) is 25.8 Å². The lowest BCUT2D eigenvalue weighted by Crippen LogP contribution is -2.49. The van der Waals surface area contributed by atoms with Crippen molar-refractivity contribution in [1.29, 1.82) is 0 Å². The predicted octanol–water partition coefficient (Wildman–Crippen LogP) is 2.27. The van der Waals surface area contributed by atoms with Crippen molar-refractivity contribution in [2.75, 3.05) is 19.6 Å². The summed E-state index contributed by atoms with van der Waals surface area (Å²) in [6, 6.07) is 6.48. The van der Waals surface area contributed by atoms with Gasteiger partial charge in [-0.3, -0.25) is 14.6 Å². The summed E-state index contributed by atoms with van der Waals surface area (Å²) in [6.07, 6.45) is 7.06. The number of nitrogens with zero attached hydrogens (tertiary/aromatic N) is 4. The van der Waals surface area contributed by atoms with Gasteiger partial charge in [-0.25, -0.2) is 4.98 Å². The highest BCUT2D eigenvalue weighted by Gasteiger charge is 2.49. The van der Waals surface area contributed by atoms with Gasteiger partial charge >= 0.3 is 0 Å². The van der Waals surface area contributed by atoms with Gasteiger partial charge in [-0.2, -0.15) is 4.39 Å². The van der Waals surface area contributed by atoms with E-state index in [1.165, 1.54) is 12.3 Å². The fraction of sp³-hybridized carbons (Fsp3) is 0.400. The Kier molecular flexibility index (Phi) is 4.59. The number of carbonyl (C=O) groups is 2. The molecule has 2 aromatic heterocycles. The second-order valence-electron chi connectivity index (χ2n) is 7.32. The number of likely N-dealkylation sites (tertiary alicyclic amines) is 2. The summed E-state index contributed by atoms with van der Waals surface area (Å²) < 4.78 is 13.4. The second kappa shape index (κ2) is 7.06. The van der Waals surface area contributed by atoms with Crippen LogP contribution in [0.1, 0.15) is 35.2 Å². The number of rotatable bonds is 3. The lowest BCUT2D eigenvalue weighted by molar-refractivity contribution is -0.138. The number of hydrogen-bond acceptors (Lipinski definition) is 4. The van der Waals surface area contributed by atoms with Gasteiger partial charge in [-0.05, 0) is 37.0 Å². The zero-order valence-electron chi connectivity index (χ0n) is 15.0. The summed E-state index contributed by atoms with van der Waals surface area (Å²) in [6.45, 7) is 2.19. The lowest BCUT2D eigenvalue weighted by atomic mass is 9.78. The van der Waals surface area contributed by atoms with Crippen molar-refractivity contribution in [3.8, 4) is 0 Å². The van der Waals surface area contributed by atoms with Gasteiger partial charge < -0.3 is 9.80 Å². The molecule has 4 heterocycles. The third kappa shape index (κ3) is 3.41. The molecule has 0 radical (unpaired) electrons. The van der Waals surface area contributed by atoms with Gasteiger partial charge in [-0.1, -0.05) is 6.07 Å². The Morgan fingerprint density at radius 1 is 1.22 bits per heavy atom. The minimum atomic E-state index is -0.674. The van der Waals surface area contributed by atoms with Crippen LogP contribution in [0, 0.1) is 11.4 Å². The molecule has 7 heteroatoms. The van der Waals surface area contributed by atoms with E-state index in [1.54, 1.807) is 17.3 Å². The number of carbonyl (C=O) groups excluding carboxylic acids is 2. The van der Waals surface area contributed by atoms with E-state index in [0.29, 0.717) is 26.2 Å². The van der Waals surface area contributed by atoms with Crippen LogP contribution in [-0.2, 0) is 11.3 Å². The summed E-state index contributed by atoms with van der Waals surface area (Å²) in [4.78, 5) is 37.1. The molecule has 0 aromatic carbocycles. The van der Waals surface area contributed by atoms with Crippen molar-refractivity contribution in [3.63, 3.8) is 0 Å². The molecule has 0 saturated carbocycles. The molecule has 2 aliphatic rings. The van der Waals surface area contributed by atoms with Crippen molar-refractivity contribution in [3.05, 3.63) is 59.9 Å². The first-order valence-corrected chi connectivity index (χ1v) is 9.17. The highest BCUT2D eigenvalue weighted by atomic mass is 19.1. The molecule has 0 N–H and O–H groups in total. The first-order chi connectivity index (χ1) is 13.1. The number of aromatic nitrogens is 2. The van der Waals surface area contributed by atoms with E-state index in [-0.39, 0.29) is 17.4 Å². The van der Waals surface area contributed by atoms with Crippen LogP contribution >= 0.6 is 0 Å². The van der Waals surface area contributed by atoms with Crippen LogP contribution in [0.5, 0.6) is 0 Å². The number of pyridine rings is 2. The largest absolute Gasteiger partial charge is 0.338 e. The Hall–Kier alpha value is -2.83. The van der Waals surface area contributed by atoms with Gasteiger partial charge in [0.15, 0.2) is 0 Å². The molecule has 2 saturated heterocycles. The molecule has 0 bridgehead atoms. The number of halogens is 1. The van der Waals surface area contributed by atoms with Gasteiger partial charge in [0.05, 0.1) is 5.41 Å². The first-order valence-electron chi connectivity index (χ1n) is 9.17. The Balaban J connectivity index is 1.49. The molecular weight excluding hydrogens is 347 g/mol. The molecule has 1 atom stereocenters. The van der Waals surface area contributed by atoms with E-state index >= 15 is 0 Å². The van der Waals surface area contributed by atoms with Crippen molar-refractivity contribution < 1.29 is 14.0 Å². The van der Waals surface area contributed by atoms with E-state index in [4.69, 9.17) is 0 Å². The number of hydrogen-bond donors (Lipinski definition) is 0. The minimum absolute atomic E-state index is 0.102. The van der Waals surface area contributed by atoms with Crippen molar-refractivity contribution in [2.24, 2.45) is 5.41 Å². The molecule has 2 aromatic rings. The monoisotopic (exact) mass is 368 g/mol. The number of amides is 2. The highest BCUT2D eigenvalue weighted by molar-refractivity contribution is 5.95. The van der Waals surface area contributed by atoms with Crippen LogP contribution in [0.15, 0.2) is 42.9 Å². The lowest BCUT2D eigenvalue weighted by Gasteiger charge is -2.39. The van der Waals surface area contributed by atoms with E-state index in [9.17, 15) is 14.0 Å². The molecule has 140 valence electrons. The van der Waals surface area contributed by atoms with Gasteiger partial charge in [-0.15, -0.1) is 0 Å². The maximum absolute atomic E-state index is 13.4. The summed E-state index contributed by atoms with van der Waals surface area (Å²) >= 11 is 0. The van der Waals surface area contributed by atoms with E-state index in [2.05, 4.69) is 9.97 Å². The van der Waals surface area contributed by atoms with Gasteiger partial charge in [0.25, 0.3) is 5.91 Å². The Labute approximate surface area is 157 Å². The average Bonchev–Trinajstić information content (AvgIpc) is 2.98. The fourth-order valence-corrected chi connectivity index (χ4v) is 4.16. The minimum Gasteiger partial charge on any atom is -0.338 e. The van der Waals surface area contributed by atoms with Crippen LogP contribution in [0.25, 0.3) is 0 Å². The zero-order chi connectivity index (χ0) is 18.9. The van der Waals surface area contributed by atoms with Gasteiger partial charge in [0, 0.05) is 56.4 Å². The number of piperidine rings is 1. The molecular formula is C20H21FN4O2. The molecule has 0 aliphatic carbocycles. The third-order valence-electron chi connectivity index (χ3n) is 5.54. The molecule has 1 spiro atoms. The molecule has 27 heavy (non-hydrogen) atoms. The van der Waals surface area contributed by atoms with Crippen molar-refractivity contribution in [1.82, 2.24) is 19.8 Å². The van der Waals surface area contributed by atoms with Crippen LogP contribution in [0.4, 0.5) is 4.39 Å². The van der Waals surface area contributed by atoms with Gasteiger partial charge in [0.1, 0.15) is 0 Å². The normalized spacial score (nSPS) is 22.5. The molecule has 2 amide bonds. The van der Waals surface area contributed by atoms with Crippen LogP contribution < -0.4 is 0 Å². The molecule has 4 rings (SSSR count). The zero-order valence-corrected chi connectivity index (χ0v) is 15.0. The maximum Gasteiger partial charge on any atom is 0.254 e. The summed E-state index contributed by atoms with van der Waals surface area (Å²) in [5.41, 5.74) is 0.748. The van der Waals surface area contributed by atoms with E-state index < -0.39 is 11.4 Å². The Morgan fingerprint density at radius 2 is 2.11 bits per heavy atom. The standard InChI is InChI=1S/C20H21FN4O2/c21-17-11-16(4-8-23-17)18(26)25-9-2-5-20(14-25)6-10-24(19(20)27)13-15-3-1-7-22-12-15/h1,3-4,7-8,11-12H,2,5-6,9-10,13-14H2. The van der Waals surface area contributed by atoms with Gasteiger partial charge in [0.2, 0.25) is 11.9 Å². The van der Waals surface area contributed by atoms with Crippen molar-refractivity contribution >= 4 is 11.8 Å². The Morgan fingerprint density at radius 3 is 2.89 bits per heavy atom.